The molecule has 0 saturated heterocycles. The molecule has 40 valence electrons. The molecule has 1 aliphatic heterocycles. The van der Waals surface area contributed by atoms with Crippen LogP contribution in [0.2, 0.25) is 0 Å². The van der Waals surface area contributed by atoms with Crippen LogP contribution in [0.1, 0.15) is 0 Å². The standard InChI is InChI=1S/C6H4IN/c7-6-3-1-2-4-8-5-6/h1-3,5H. The predicted molar refractivity (Wildman–Crippen MR) is 43.2 cm³/mol. The van der Waals surface area contributed by atoms with Crippen LogP contribution in [-0.4, -0.2) is 5.87 Å². The van der Waals surface area contributed by atoms with E-state index in [4.69, 9.17) is 0 Å². The lowest BCUT2D eigenvalue weighted by Crippen LogP contribution is -1.53. The third-order valence-electron chi connectivity index (χ3n) is 0.689. The second-order valence-electron chi connectivity index (χ2n) is 1.30. The van der Waals surface area contributed by atoms with Gasteiger partial charge in [0, 0.05) is 3.58 Å². The van der Waals surface area contributed by atoms with Crippen molar-refractivity contribution in [2.45, 2.75) is 0 Å². The lowest BCUT2D eigenvalue weighted by Gasteiger charge is -1.76. The first-order chi connectivity index (χ1) is 3.89. The third kappa shape index (κ3) is 1.64. The SMILES string of the molecule is IC1=CN=C=CC=C1. The first-order valence-electron chi connectivity index (χ1n) is 2.20. The van der Waals surface area contributed by atoms with Crippen molar-refractivity contribution in [1.29, 1.82) is 0 Å². The van der Waals surface area contributed by atoms with Crippen molar-refractivity contribution >= 4 is 28.5 Å². The lowest BCUT2D eigenvalue weighted by molar-refractivity contribution is 1.61. The minimum absolute atomic E-state index is 1.13. The van der Waals surface area contributed by atoms with Crippen LogP contribution >= 0.6 is 22.6 Å². The molecule has 0 aromatic rings. The van der Waals surface area contributed by atoms with Crippen LogP contribution < -0.4 is 0 Å². The summed E-state index contributed by atoms with van der Waals surface area (Å²) in [4.78, 5) is 3.81. The monoisotopic (exact) mass is 217 g/mol. The molecule has 0 aliphatic carbocycles. The van der Waals surface area contributed by atoms with Gasteiger partial charge in [0.1, 0.15) is 0 Å². The molecule has 1 heterocycles. The highest BCUT2D eigenvalue weighted by atomic mass is 127. The van der Waals surface area contributed by atoms with E-state index in [0.717, 1.165) is 3.58 Å². The molecule has 8 heavy (non-hydrogen) atoms. The maximum atomic E-state index is 3.81. The highest BCUT2D eigenvalue weighted by molar-refractivity contribution is 14.1. The summed E-state index contributed by atoms with van der Waals surface area (Å²) < 4.78 is 1.13. The van der Waals surface area contributed by atoms with E-state index in [1.54, 1.807) is 12.3 Å². The van der Waals surface area contributed by atoms with Gasteiger partial charge in [0.05, 0.1) is 6.20 Å². The molecule has 0 unspecified atom stereocenters. The lowest BCUT2D eigenvalue weighted by atomic mass is 10.5. The van der Waals surface area contributed by atoms with E-state index < -0.39 is 0 Å². The second kappa shape index (κ2) is 2.84. The normalized spacial score (nSPS) is 15.9. The number of allylic oxidation sites excluding steroid dienone is 4. The average molecular weight is 217 g/mol. The fourth-order valence-electron chi connectivity index (χ4n) is 0.368. The highest BCUT2D eigenvalue weighted by Gasteiger charge is 1.80. The van der Waals surface area contributed by atoms with Gasteiger partial charge in [0.15, 0.2) is 0 Å². The molecule has 0 aromatic heterocycles. The van der Waals surface area contributed by atoms with Crippen molar-refractivity contribution < 1.29 is 0 Å². The number of rotatable bonds is 0. The van der Waals surface area contributed by atoms with Gasteiger partial charge >= 0.3 is 0 Å². The fourth-order valence-corrected chi connectivity index (χ4v) is 0.715. The van der Waals surface area contributed by atoms with Gasteiger partial charge in [-0.3, -0.25) is 0 Å². The summed E-state index contributed by atoms with van der Waals surface area (Å²) >= 11 is 2.20. The van der Waals surface area contributed by atoms with Crippen LogP contribution in [0.15, 0.2) is 33.0 Å². The summed E-state index contributed by atoms with van der Waals surface area (Å²) in [6, 6.07) is 0. The minimum Gasteiger partial charge on any atom is -0.213 e. The number of halogens is 1. The van der Waals surface area contributed by atoms with Crippen molar-refractivity contribution in [1.82, 2.24) is 0 Å². The van der Waals surface area contributed by atoms with Gasteiger partial charge in [0.2, 0.25) is 0 Å². The quantitative estimate of drug-likeness (QED) is 0.550. The fraction of sp³-hybridized carbons (Fsp3) is 0. The molecule has 0 spiro atoms. The van der Waals surface area contributed by atoms with E-state index in [2.05, 4.69) is 33.5 Å². The summed E-state index contributed by atoms with van der Waals surface area (Å²) in [6.07, 6.45) is 7.43. The van der Waals surface area contributed by atoms with Crippen molar-refractivity contribution in [3.63, 3.8) is 0 Å². The van der Waals surface area contributed by atoms with Crippen LogP contribution in [0.3, 0.4) is 0 Å². The van der Waals surface area contributed by atoms with Gasteiger partial charge in [-0.15, -0.1) is 0 Å². The minimum atomic E-state index is 1.13. The molecule has 0 radical (unpaired) electrons. The molecule has 0 atom stereocenters. The average Bonchev–Trinajstić information content (AvgIpc) is 1.94. The summed E-state index contributed by atoms with van der Waals surface area (Å²) in [5, 5.41) is 0. The Bertz CT molecular complexity index is 195. The molecule has 0 N–H and O–H groups in total. The zero-order valence-corrected chi connectivity index (χ0v) is 6.29. The maximum absolute atomic E-state index is 3.81. The van der Waals surface area contributed by atoms with E-state index in [0.29, 0.717) is 0 Å². The Balaban J connectivity index is 2.90. The predicted octanol–water partition coefficient (Wildman–Crippen LogP) is 2.06. The molecule has 0 aromatic carbocycles. The Morgan fingerprint density at radius 1 is 1.62 bits per heavy atom. The Hall–Kier alpha value is -0.340. The van der Waals surface area contributed by atoms with Gasteiger partial charge in [-0.1, -0.05) is 6.08 Å². The first-order valence-corrected chi connectivity index (χ1v) is 3.28. The molecule has 0 amide bonds. The van der Waals surface area contributed by atoms with Crippen LogP contribution in [0.4, 0.5) is 0 Å². The molecule has 1 aliphatic rings. The molecular weight excluding hydrogens is 213 g/mol. The topological polar surface area (TPSA) is 12.4 Å². The van der Waals surface area contributed by atoms with Crippen LogP contribution in [0.5, 0.6) is 0 Å². The van der Waals surface area contributed by atoms with E-state index in [1.807, 2.05) is 12.2 Å². The zero-order valence-electron chi connectivity index (χ0n) is 4.13. The Labute approximate surface area is 61.6 Å². The van der Waals surface area contributed by atoms with Gasteiger partial charge in [0.25, 0.3) is 0 Å². The number of hydrogen-bond acceptors (Lipinski definition) is 1. The maximum Gasteiger partial charge on any atom is 0.0501 e. The van der Waals surface area contributed by atoms with Crippen molar-refractivity contribution in [3.05, 3.63) is 28.0 Å². The van der Waals surface area contributed by atoms with Crippen LogP contribution in [-0.2, 0) is 0 Å². The van der Waals surface area contributed by atoms with Crippen molar-refractivity contribution in [3.8, 4) is 0 Å². The number of nitrogens with zero attached hydrogens (tertiary/aromatic N) is 1. The van der Waals surface area contributed by atoms with E-state index in [9.17, 15) is 0 Å². The van der Waals surface area contributed by atoms with E-state index in [1.165, 1.54) is 0 Å². The molecule has 0 fully saturated rings. The third-order valence-corrected chi connectivity index (χ3v) is 1.33. The Morgan fingerprint density at radius 3 is 3.38 bits per heavy atom. The van der Waals surface area contributed by atoms with Crippen molar-refractivity contribution in [2.75, 3.05) is 0 Å². The van der Waals surface area contributed by atoms with Crippen LogP contribution in [0.25, 0.3) is 0 Å². The summed E-state index contributed by atoms with van der Waals surface area (Å²) in [5.74, 6) is 2.71. The van der Waals surface area contributed by atoms with Gasteiger partial charge in [-0.25, -0.2) is 4.99 Å². The van der Waals surface area contributed by atoms with E-state index >= 15 is 0 Å². The Morgan fingerprint density at radius 2 is 2.50 bits per heavy atom. The summed E-state index contributed by atoms with van der Waals surface area (Å²) in [6.45, 7) is 0. The van der Waals surface area contributed by atoms with Crippen LogP contribution in [0, 0.1) is 0 Å². The summed E-state index contributed by atoms with van der Waals surface area (Å²) in [7, 11) is 0. The second-order valence-corrected chi connectivity index (χ2v) is 2.54. The zero-order chi connectivity index (χ0) is 5.82. The van der Waals surface area contributed by atoms with Gasteiger partial charge in [-0.2, -0.15) is 0 Å². The number of aliphatic imine (C=N–C) groups is 1. The largest absolute Gasteiger partial charge is 0.213 e. The summed E-state index contributed by atoms with van der Waals surface area (Å²) in [5.41, 5.74) is 0. The molecule has 2 heteroatoms. The van der Waals surface area contributed by atoms with E-state index in [-0.39, 0.29) is 0 Å². The molecular formula is C6H4IN. The molecule has 0 saturated carbocycles. The smallest absolute Gasteiger partial charge is 0.0501 e. The molecule has 0 bridgehead atoms. The highest BCUT2D eigenvalue weighted by Crippen LogP contribution is 2.07. The first kappa shape index (κ1) is 5.79. The Kier molecular flexibility index (Phi) is 2.06. The van der Waals surface area contributed by atoms with Crippen molar-refractivity contribution in [2.24, 2.45) is 4.99 Å². The van der Waals surface area contributed by atoms with Gasteiger partial charge < -0.3 is 0 Å². The van der Waals surface area contributed by atoms with Gasteiger partial charge in [-0.05, 0) is 40.6 Å². The number of hydrogen-bond donors (Lipinski definition) is 0. The molecule has 1 nitrogen and oxygen atoms in total. The molecule has 1 rings (SSSR count).